The molecule has 2 aromatic carbocycles. The topological polar surface area (TPSA) is 81.0 Å². The number of aromatic nitrogens is 1. The van der Waals surface area contributed by atoms with E-state index in [-0.39, 0.29) is 6.04 Å². The first kappa shape index (κ1) is 25.1. The maximum Gasteiger partial charge on any atom is 0.414 e. The first-order valence-corrected chi connectivity index (χ1v) is 11.9. The summed E-state index contributed by atoms with van der Waals surface area (Å²) in [6.07, 6.45) is -1.75. The zero-order valence-electron chi connectivity index (χ0n) is 21.1. The Morgan fingerprint density at radius 3 is 2.34 bits per heavy atom. The smallest absolute Gasteiger partial charge is 0.414 e. The molecule has 0 fully saturated rings. The third-order valence-electron chi connectivity index (χ3n) is 6.39. The first-order chi connectivity index (χ1) is 16.4. The van der Waals surface area contributed by atoms with Crippen molar-refractivity contribution in [2.75, 3.05) is 18.6 Å². The van der Waals surface area contributed by atoms with Crippen LogP contribution in [0.2, 0.25) is 5.02 Å². The fourth-order valence-corrected chi connectivity index (χ4v) is 5.30. The van der Waals surface area contributed by atoms with E-state index in [1.807, 2.05) is 46.8 Å². The number of benzene rings is 2. The van der Waals surface area contributed by atoms with Gasteiger partial charge in [0.05, 0.1) is 23.9 Å². The molecule has 1 N–H and O–H groups in total. The Balaban J connectivity index is 2.20. The van der Waals surface area contributed by atoms with Gasteiger partial charge in [0, 0.05) is 34.3 Å². The van der Waals surface area contributed by atoms with Crippen molar-refractivity contribution in [1.29, 1.82) is 0 Å². The van der Waals surface area contributed by atoms with Gasteiger partial charge in [0.15, 0.2) is 6.10 Å². The summed E-state index contributed by atoms with van der Waals surface area (Å²) in [5.74, 6) is -1.10. The maximum absolute atomic E-state index is 12.9. The van der Waals surface area contributed by atoms with Gasteiger partial charge in [-0.1, -0.05) is 23.7 Å². The fraction of sp³-hybridized carbons (Fsp3) is 0.407. The molecular formula is C27H31ClN2O5. The van der Waals surface area contributed by atoms with Crippen LogP contribution in [-0.2, 0) is 14.3 Å². The molecule has 1 amide bonds. The normalized spacial score (nSPS) is 16.5. The van der Waals surface area contributed by atoms with Gasteiger partial charge in [0.25, 0.3) is 0 Å². The Morgan fingerprint density at radius 1 is 1.17 bits per heavy atom. The molecule has 1 aliphatic rings. The highest BCUT2D eigenvalue weighted by Crippen LogP contribution is 2.49. The molecule has 1 unspecified atom stereocenters. The lowest BCUT2D eigenvalue weighted by Crippen LogP contribution is -2.40. The monoisotopic (exact) mass is 498 g/mol. The molecule has 8 heteroatoms. The summed E-state index contributed by atoms with van der Waals surface area (Å²) in [7, 11) is 1.35. The minimum Gasteiger partial charge on any atom is -0.479 e. The van der Waals surface area contributed by atoms with E-state index < -0.39 is 23.8 Å². The van der Waals surface area contributed by atoms with Crippen molar-refractivity contribution in [3.63, 3.8) is 0 Å². The second-order valence-electron chi connectivity index (χ2n) is 10.1. The van der Waals surface area contributed by atoms with E-state index in [1.165, 1.54) is 7.11 Å². The molecule has 2 heterocycles. The number of hydrogen-bond donors (Lipinski definition) is 1. The zero-order chi connectivity index (χ0) is 25.8. The summed E-state index contributed by atoms with van der Waals surface area (Å²) in [5.41, 5.74) is 4.57. The Labute approximate surface area is 210 Å². The Hall–Kier alpha value is -3.03. The number of aliphatic carboxylic acids is 1. The van der Waals surface area contributed by atoms with E-state index >= 15 is 0 Å². The molecule has 186 valence electrons. The van der Waals surface area contributed by atoms with E-state index in [2.05, 4.69) is 17.6 Å². The minimum atomic E-state index is -1.26. The largest absolute Gasteiger partial charge is 0.479 e. The molecular weight excluding hydrogens is 468 g/mol. The average molecular weight is 499 g/mol. The number of methoxy groups -OCH3 is 1. The van der Waals surface area contributed by atoms with Crippen LogP contribution in [0, 0.1) is 13.8 Å². The highest BCUT2D eigenvalue weighted by atomic mass is 35.5. The lowest BCUT2D eigenvalue weighted by atomic mass is 9.87. The molecule has 0 saturated carbocycles. The minimum absolute atomic E-state index is 0.00325. The lowest BCUT2D eigenvalue weighted by Gasteiger charge is -2.36. The number of carbonyl (C=O) groups is 2. The predicted octanol–water partition coefficient (Wildman–Crippen LogP) is 6.67. The van der Waals surface area contributed by atoms with Crippen molar-refractivity contribution in [2.24, 2.45) is 0 Å². The first-order valence-electron chi connectivity index (χ1n) is 11.6. The van der Waals surface area contributed by atoms with Gasteiger partial charge in [-0.2, -0.15) is 0 Å². The standard InChI is InChI=1S/C27H31ClN2O5/c1-14-12-19-21(17-8-10-18(28)11-9-17)20(24(25(31)32)35-27(4,5)6)16(3)22-23(19)30(14)15(2)13-29(22)26(33)34-7/h8-12,15,24H,13H2,1-7H3,(H,31,32)/t15?,24-/m0/s1. The third kappa shape index (κ3) is 4.28. The van der Waals surface area contributed by atoms with Crippen LogP contribution in [0.1, 0.15) is 56.7 Å². The lowest BCUT2D eigenvalue weighted by molar-refractivity contribution is -0.160. The summed E-state index contributed by atoms with van der Waals surface area (Å²) >= 11 is 6.18. The second-order valence-corrected chi connectivity index (χ2v) is 10.5. The summed E-state index contributed by atoms with van der Waals surface area (Å²) < 4.78 is 13.5. The molecule has 0 aliphatic carbocycles. The van der Waals surface area contributed by atoms with E-state index in [4.69, 9.17) is 21.1 Å². The summed E-state index contributed by atoms with van der Waals surface area (Å²) in [6.45, 7) is 11.8. The van der Waals surface area contributed by atoms with Gasteiger partial charge in [-0.15, -0.1) is 0 Å². The number of rotatable bonds is 4. The number of ether oxygens (including phenoxy) is 2. The molecule has 0 saturated heterocycles. The summed E-state index contributed by atoms with van der Waals surface area (Å²) in [5, 5.41) is 11.8. The van der Waals surface area contributed by atoms with Gasteiger partial charge < -0.3 is 19.1 Å². The van der Waals surface area contributed by atoms with Crippen molar-refractivity contribution in [2.45, 2.75) is 59.3 Å². The van der Waals surface area contributed by atoms with Crippen LogP contribution in [0.5, 0.6) is 0 Å². The van der Waals surface area contributed by atoms with Crippen LogP contribution in [0.25, 0.3) is 22.0 Å². The molecule has 0 spiro atoms. The number of nitrogens with zero attached hydrogens (tertiary/aromatic N) is 2. The number of aryl methyl sites for hydroxylation is 1. The van der Waals surface area contributed by atoms with Crippen LogP contribution in [0.3, 0.4) is 0 Å². The Kier molecular flexibility index (Phi) is 6.36. The molecule has 2 atom stereocenters. The molecule has 7 nitrogen and oxygen atoms in total. The van der Waals surface area contributed by atoms with Crippen LogP contribution in [0.4, 0.5) is 10.5 Å². The van der Waals surface area contributed by atoms with Gasteiger partial charge in [-0.05, 0) is 76.4 Å². The summed E-state index contributed by atoms with van der Waals surface area (Å²) in [4.78, 5) is 27.1. The van der Waals surface area contributed by atoms with Crippen molar-refractivity contribution in [3.05, 3.63) is 52.2 Å². The number of carboxylic acid groups (broad SMARTS) is 1. The van der Waals surface area contributed by atoms with Gasteiger partial charge in [-0.25, -0.2) is 9.59 Å². The second kappa shape index (κ2) is 8.88. The van der Waals surface area contributed by atoms with E-state index in [9.17, 15) is 14.7 Å². The van der Waals surface area contributed by atoms with Crippen molar-refractivity contribution < 1.29 is 24.2 Å². The molecule has 1 aliphatic heterocycles. The van der Waals surface area contributed by atoms with Gasteiger partial charge in [0.2, 0.25) is 0 Å². The van der Waals surface area contributed by atoms with Crippen molar-refractivity contribution >= 4 is 40.3 Å². The van der Waals surface area contributed by atoms with E-state index in [1.54, 1.807) is 17.0 Å². The molecule has 0 radical (unpaired) electrons. The Morgan fingerprint density at radius 2 is 1.80 bits per heavy atom. The van der Waals surface area contributed by atoms with Gasteiger partial charge in [0.1, 0.15) is 0 Å². The molecule has 35 heavy (non-hydrogen) atoms. The van der Waals surface area contributed by atoms with Crippen LogP contribution < -0.4 is 4.90 Å². The fourth-order valence-electron chi connectivity index (χ4n) is 5.18. The van der Waals surface area contributed by atoms with Gasteiger partial charge in [-0.3, -0.25) is 4.90 Å². The van der Waals surface area contributed by atoms with Crippen molar-refractivity contribution in [1.82, 2.24) is 4.57 Å². The highest BCUT2D eigenvalue weighted by molar-refractivity contribution is 6.30. The van der Waals surface area contributed by atoms with Crippen molar-refractivity contribution in [3.8, 4) is 11.1 Å². The van der Waals surface area contributed by atoms with Crippen LogP contribution >= 0.6 is 11.6 Å². The zero-order valence-corrected chi connectivity index (χ0v) is 21.9. The van der Waals surface area contributed by atoms with Gasteiger partial charge >= 0.3 is 12.1 Å². The number of hydrogen-bond acceptors (Lipinski definition) is 4. The van der Waals surface area contributed by atoms with Crippen LogP contribution in [-0.4, -0.2) is 41.0 Å². The Bertz CT molecular complexity index is 1320. The molecule has 4 rings (SSSR count). The number of halogens is 1. The third-order valence-corrected chi connectivity index (χ3v) is 6.65. The van der Waals surface area contributed by atoms with Crippen LogP contribution in [0.15, 0.2) is 30.3 Å². The molecule has 0 bridgehead atoms. The predicted molar refractivity (Wildman–Crippen MR) is 138 cm³/mol. The number of carbonyl (C=O) groups excluding carboxylic acids is 1. The van der Waals surface area contributed by atoms with E-state index in [0.717, 1.165) is 27.7 Å². The number of anilines is 1. The molecule has 3 aromatic rings. The average Bonchev–Trinajstić information content (AvgIpc) is 3.12. The highest BCUT2D eigenvalue weighted by Gasteiger charge is 2.38. The maximum atomic E-state index is 12.9. The number of amides is 1. The SMILES string of the molecule is COC(=O)N1CC(C)n2c(C)cc3c(-c4ccc(Cl)cc4)c([C@H](OC(C)(C)C)C(=O)O)c(C)c1c32. The molecule has 1 aromatic heterocycles. The van der Waals surface area contributed by atoms with E-state index in [0.29, 0.717) is 28.4 Å². The number of carboxylic acids is 1. The summed E-state index contributed by atoms with van der Waals surface area (Å²) in [6, 6.07) is 9.40. The quantitative estimate of drug-likeness (QED) is 0.434.